The van der Waals surface area contributed by atoms with Crippen LogP contribution in [0.2, 0.25) is 0 Å². The molecule has 2 heterocycles. The maximum Gasteiger partial charge on any atom is 0.143 e. The molecule has 2 aromatic heterocycles. The Bertz CT molecular complexity index is 3210. The molecule has 0 aliphatic heterocycles. The Hall–Kier alpha value is -6.94. The first kappa shape index (κ1) is 31.6. The molecule has 0 saturated heterocycles. The van der Waals surface area contributed by atoms with E-state index < -0.39 is 0 Å². The van der Waals surface area contributed by atoms with Crippen molar-refractivity contribution in [3.8, 4) is 33.4 Å². The Kier molecular flexibility index (Phi) is 7.39. The highest BCUT2D eigenvalue weighted by molar-refractivity contribution is 7.25. The van der Waals surface area contributed by atoms with Crippen molar-refractivity contribution in [3.05, 3.63) is 200 Å². The zero-order chi connectivity index (χ0) is 36.3. The molecule has 0 saturated carbocycles. The van der Waals surface area contributed by atoms with Crippen LogP contribution in [0.4, 0.5) is 17.1 Å². The van der Waals surface area contributed by atoms with Crippen LogP contribution in [0.1, 0.15) is 0 Å². The second-order valence-corrected chi connectivity index (χ2v) is 15.1. The molecule has 258 valence electrons. The zero-order valence-electron chi connectivity index (χ0n) is 29.8. The highest BCUT2D eigenvalue weighted by Crippen LogP contribution is 2.49. The van der Waals surface area contributed by atoms with Crippen molar-refractivity contribution in [2.45, 2.75) is 0 Å². The third-order valence-corrected chi connectivity index (χ3v) is 12.0. The standard InChI is InChI=1S/C52H33NOS/c1-3-14-34(15-4-1)37-29-31-45(44(33-37)35-16-5-2-6-17-35)53(46-24-13-25-47-51(46)43-30-28-36-18-7-8-21-41(36)52(43)54-47)39-20-11-19-38(32-39)40-23-12-27-49-50(40)42-22-9-10-26-48(42)55-49/h1-33H. The number of anilines is 3. The van der Waals surface area contributed by atoms with Crippen molar-refractivity contribution in [1.29, 1.82) is 0 Å². The molecule has 55 heavy (non-hydrogen) atoms. The summed E-state index contributed by atoms with van der Waals surface area (Å²) in [6.45, 7) is 0. The summed E-state index contributed by atoms with van der Waals surface area (Å²) >= 11 is 1.86. The summed E-state index contributed by atoms with van der Waals surface area (Å²) in [5.74, 6) is 0. The lowest BCUT2D eigenvalue weighted by Gasteiger charge is -2.29. The van der Waals surface area contributed by atoms with Crippen LogP contribution in [-0.4, -0.2) is 0 Å². The van der Waals surface area contributed by atoms with Gasteiger partial charge in [-0.1, -0.05) is 146 Å². The molecule has 0 atom stereocenters. The van der Waals surface area contributed by atoms with Gasteiger partial charge < -0.3 is 9.32 Å². The number of rotatable bonds is 6. The first-order chi connectivity index (χ1) is 27.3. The number of furan rings is 1. The minimum absolute atomic E-state index is 0.863. The van der Waals surface area contributed by atoms with Gasteiger partial charge in [-0.2, -0.15) is 0 Å². The smallest absolute Gasteiger partial charge is 0.143 e. The largest absolute Gasteiger partial charge is 0.455 e. The van der Waals surface area contributed by atoms with Gasteiger partial charge in [0.2, 0.25) is 0 Å². The predicted octanol–water partition coefficient (Wildman–Crippen LogP) is 15.6. The van der Waals surface area contributed by atoms with Gasteiger partial charge >= 0.3 is 0 Å². The van der Waals surface area contributed by atoms with Gasteiger partial charge in [0.25, 0.3) is 0 Å². The molecule has 0 aliphatic carbocycles. The number of benzene rings is 9. The lowest BCUT2D eigenvalue weighted by Crippen LogP contribution is -2.12. The average molecular weight is 720 g/mol. The third kappa shape index (κ3) is 5.24. The van der Waals surface area contributed by atoms with Gasteiger partial charge in [0, 0.05) is 42.2 Å². The van der Waals surface area contributed by atoms with Gasteiger partial charge in [-0.05, 0) is 87.8 Å². The number of nitrogens with zero attached hydrogens (tertiary/aromatic N) is 1. The minimum Gasteiger partial charge on any atom is -0.455 e. The Morgan fingerprint density at radius 1 is 0.382 bits per heavy atom. The van der Waals surface area contributed by atoms with Crippen molar-refractivity contribution in [3.63, 3.8) is 0 Å². The van der Waals surface area contributed by atoms with E-state index >= 15 is 0 Å². The molecule has 0 radical (unpaired) electrons. The molecule has 0 bridgehead atoms. The topological polar surface area (TPSA) is 16.4 Å². The summed E-state index contributed by atoms with van der Waals surface area (Å²) in [5.41, 5.74) is 12.1. The summed E-state index contributed by atoms with van der Waals surface area (Å²) in [5, 5.41) is 7.07. The van der Waals surface area contributed by atoms with Crippen LogP contribution in [0.15, 0.2) is 205 Å². The molecule has 0 fully saturated rings. The van der Waals surface area contributed by atoms with Crippen LogP contribution in [0.3, 0.4) is 0 Å². The second-order valence-electron chi connectivity index (χ2n) is 14.0. The fraction of sp³-hybridized carbons (Fsp3) is 0. The maximum atomic E-state index is 6.77. The summed E-state index contributed by atoms with van der Waals surface area (Å²) in [6.07, 6.45) is 0. The Morgan fingerprint density at radius 3 is 1.96 bits per heavy atom. The Labute approximate surface area is 322 Å². The van der Waals surface area contributed by atoms with Crippen molar-refractivity contribution < 1.29 is 4.42 Å². The van der Waals surface area contributed by atoms with E-state index in [2.05, 4.69) is 205 Å². The van der Waals surface area contributed by atoms with Crippen LogP contribution in [-0.2, 0) is 0 Å². The number of hydrogen-bond acceptors (Lipinski definition) is 3. The summed E-state index contributed by atoms with van der Waals surface area (Å²) < 4.78 is 9.37. The van der Waals surface area contributed by atoms with Crippen molar-refractivity contribution >= 4 is 81.3 Å². The molecule has 0 N–H and O–H groups in total. The van der Waals surface area contributed by atoms with Gasteiger partial charge in [-0.15, -0.1) is 11.3 Å². The van der Waals surface area contributed by atoms with Crippen LogP contribution in [0, 0.1) is 0 Å². The van der Waals surface area contributed by atoms with Gasteiger partial charge in [0.15, 0.2) is 0 Å². The van der Waals surface area contributed by atoms with Crippen LogP contribution < -0.4 is 4.90 Å². The van der Waals surface area contributed by atoms with Gasteiger partial charge in [0.05, 0.1) is 16.8 Å². The monoisotopic (exact) mass is 719 g/mol. The average Bonchev–Trinajstić information content (AvgIpc) is 3.84. The van der Waals surface area contributed by atoms with Gasteiger partial charge in [-0.3, -0.25) is 0 Å². The van der Waals surface area contributed by atoms with E-state index in [1.807, 2.05) is 11.3 Å². The van der Waals surface area contributed by atoms with E-state index in [0.29, 0.717) is 0 Å². The van der Waals surface area contributed by atoms with E-state index in [1.54, 1.807) is 0 Å². The lowest BCUT2D eigenvalue weighted by atomic mass is 9.95. The van der Waals surface area contributed by atoms with Crippen LogP contribution >= 0.6 is 11.3 Å². The van der Waals surface area contributed by atoms with E-state index in [4.69, 9.17) is 4.42 Å². The van der Waals surface area contributed by atoms with E-state index in [9.17, 15) is 0 Å². The fourth-order valence-corrected chi connectivity index (χ4v) is 9.48. The number of thiophene rings is 1. The molecular formula is C52H33NOS. The second kappa shape index (κ2) is 12.9. The maximum absolute atomic E-state index is 6.77. The zero-order valence-corrected chi connectivity index (χ0v) is 30.6. The van der Waals surface area contributed by atoms with E-state index in [-0.39, 0.29) is 0 Å². The van der Waals surface area contributed by atoms with Crippen LogP contribution in [0.25, 0.3) is 86.3 Å². The molecule has 0 amide bonds. The molecular weight excluding hydrogens is 687 g/mol. The van der Waals surface area contributed by atoms with Gasteiger partial charge in [-0.25, -0.2) is 0 Å². The molecule has 2 nitrogen and oxygen atoms in total. The summed E-state index contributed by atoms with van der Waals surface area (Å²) in [4.78, 5) is 2.44. The quantitative estimate of drug-likeness (QED) is 0.170. The molecule has 11 aromatic rings. The highest BCUT2D eigenvalue weighted by Gasteiger charge is 2.24. The SMILES string of the molecule is c1ccc(-c2ccc(N(c3cccc(-c4cccc5sc6ccccc6c45)c3)c3cccc4oc5c6ccccc6ccc5c34)c(-c3ccccc3)c2)cc1. The first-order valence-corrected chi connectivity index (χ1v) is 19.5. The fourth-order valence-electron chi connectivity index (χ4n) is 8.35. The van der Waals surface area contributed by atoms with Crippen LogP contribution in [0.5, 0.6) is 0 Å². The van der Waals surface area contributed by atoms with Crippen molar-refractivity contribution in [2.24, 2.45) is 0 Å². The lowest BCUT2D eigenvalue weighted by molar-refractivity contribution is 0.672. The first-order valence-electron chi connectivity index (χ1n) is 18.7. The Morgan fingerprint density at radius 2 is 1.09 bits per heavy atom. The molecule has 0 unspecified atom stereocenters. The van der Waals surface area contributed by atoms with E-state index in [0.717, 1.165) is 60.9 Å². The molecule has 0 aliphatic rings. The summed E-state index contributed by atoms with van der Waals surface area (Å²) in [7, 11) is 0. The number of fused-ring (bicyclic) bond motifs is 8. The minimum atomic E-state index is 0.863. The Balaban J connectivity index is 1.21. The molecule has 9 aromatic carbocycles. The van der Waals surface area contributed by atoms with Crippen molar-refractivity contribution in [1.82, 2.24) is 0 Å². The normalized spacial score (nSPS) is 11.6. The number of hydrogen-bond donors (Lipinski definition) is 0. The van der Waals surface area contributed by atoms with Gasteiger partial charge in [0.1, 0.15) is 11.2 Å². The molecule has 0 spiro atoms. The molecule has 3 heteroatoms. The summed E-state index contributed by atoms with van der Waals surface area (Å²) in [6, 6.07) is 72.2. The van der Waals surface area contributed by atoms with Crippen molar-refractivity contribution in [2.75, 3.05) is 4.90 Å². The predicted molar refractivity (Wildman–Crippen MR) is 235 cm³/mol. The third-order valence-electron chi connectivity index (χ3n) is 10.9. The van der Waals surface area contributed by atoms with E-state index in [1.165, 1.54) is 42.4 Å². The molecule has 11 rings (SSSR count). The highest BCUT2D eigenvalue weighted by atomic mass is 32.1.